The lowest BCUT2D eigenvalue weighted by Gasteiger charge is -2.18. The van der Waals surface area contributed by atoms with Crippen LogP contribution in [0.25, 0.3) is 11.3 Å². The minimum Gasteiger partial charge on any atom is -0.374 e. The first-order valence-corrected chi connectivity index (χ1v) is 9.38. The molecule has 0 radical (unpaired) electrons. The van der Waals surface area contributed by atoms with Gasteiger partial charge in [0.1, 0.15) is 6.04 Å². The van der Waals surface area contributed by atoms with Crippen molar-refractivity contribution in [3.8, 4) is 11.3 Å². The van der Waals surface area contributed by atoms with Gasteiger partial charge in [-0.05, 0) is 38.1 Å². The van der Waals surface area contributed by atoms with E-state index in [2.05, 4.69) is 15.6 Å². The summed E-state index contributed by atoms with van der Waals surface area (Å²) in [6.45, 7) is 3.52. The van der Waals surface area contributed by atoms with Gasteiger partial charge in [-0.25, -0.2) is 4.98 Å². The van der Waals surface area contributed by atoms with Gasteiger partial charge in [0, 0.05) is 16.6 Å². The maximum Gasteiger partial charge on any atom is 0.418 e. The molecule has 1 aromatic heterocycles. The summed E-state index contributed by atoms with van der Waals surface area (Å²) in [5, 5.41) is 8.28. The minimum atomic E-state index is -4.54. The molecular weight excluding hydrogens is 387 g/mol. The van der Waals surface area contributed by atoms with Crippen molar-refractivity contribution in [3.63, 3.8) is 0 Å². The highest BCUT2D eigenvalue weighted by atomic mass is 32.1. The number of halogens is 3. The van der Waals surface area contributed by atoms with Gasteiger partial charge in [-0.15, -0.1) is 11.3 Å². The lowest BCUT2D eigenvalue weighted by Crippen LogP contribution is -2.32. The van der Waals surface area contributed by atoms with Crippen LogP contribution in [0.5, 0.6) is 0 Å². The van der Waals surface area contributed by atoms with Crippen molar-refractivity contribution in [1.82, 2.24) is 4.98 Å². The van der Waals surface area contributed by atoms with Crippen LogP contribution >= 0.6 is 11.3 Å². The Bertz CT molecular complexity index is 967. The van der Waals surface area contributed by atoms with Gasteiger partial charge < -0.3 is 10.6 Å². The summed E-state index contributed by atoms with van der Waals surface area (Å²) in [4.78, 5) is 16.8. The number of hydrogen-bond acceptors (Lipinski definition) is 4. The normalized spacial score (nSPS) is 12.5. The number of carbonyl (C=O) groups is 1. The number of amides is 1. The summed E-state index contributed by atoms with van der Waals surface area (Å²) in [7, 11) is 0. The first-order chi connectivity index (χ1) is 13.2. The molecule has 28 heavy (non-hydrogen) atoms. The predicted molar refractivity (Wildman–Crippen MR) is 105 cm³/mol. The number of hydrogen-bond donors (Lipinski definition) is 2. The molecule has 2 N–H and O–H groups in total. The van der Waals surface area contributed by atoms with Crippen molar-refractivity contribution in [2.45, 2.75) is 26.1 Å². The van der Waals surface area contributed by atoms with Crippen LogP contribution in [-0.2, 0) is 11.0 Å². The number of nitrogens with zero attached hydrogens (tertiary/aromatic N) is 1. The van der Waals surface area contributed by atoms with Gasteiger partial charge in [0.2, 0.25) is 5.91 Å². The third-order valence-corrected chi connectivity index (χ3v) is 4.84. The second-order valence-corrected chi connectivity index (χ2v) is 7.29. The number of carbonyl (C=O) groups excluding carboxylic acids is 1. The molecule has 4 nitrogen and oxygen atoms in total. The third kappa shape index (κ3) is 4.69. The molecule has 0 fully saturated rings. The fourth-order valence-electron chi connectivity index (χ4n) is 2.63. The zero-order valence-corrected chi connectivity index (χ0v) is 16.0. The molecule has 3 aromatic rings. The van der Waals surface area contributed by atoms with Gasteiger partial charge in [-0.1, -0.05) is 24.3 Å². The number of aromatic nitrogens is 1. The first kappa shape index (κ1) is 19.9. The van der Waals surface area contributed by atoms with Crippen LogP contribution in [-0.4, -0.2) is 16.9 Å². The van der Waals surface area contributed by atoms with Gasteiger partial charge in [0.25, 0.3) is 0 Å². The largest absolute Gasteiger partial charge is 0.418 e. The summed E-state index contributed by atoms with van der Waals surface area (Å²) in [6, 6.07) is 11.5. The fraction of sp³-hybridized carbons (Fsp3) is 0.200. The molecule has 0 unspecified atom stereocenters. The highest BCUT2D eigenvalue weighted by Crippen LogP contribution is 2.34. The van der Waals surface area contributed by atoms with Gasteiger partial charge >= 0.3 is 6.18 Å². The number of thiazole rings is 1. The molecule has 146 valence electrons. The number of benzene rings is 2. The smallest absolute Gasteiger partial charge is 0.374 e. The molecule has 1 heterocycles. The number of aryl methyl sites for hydroxylation is 1. The molecule has 0 spiro atoms. The van der Waals surface area contributed by atoms with Crippen molar-refractivity contribution >= 4 is 28.6 Å². The van der Waals surface area contributed by atoms with E-state index in [1.54, 1.807) is 30.4 Å². The molecule has 3 rings (SSSR count). The number of nitrogens with one attached hydrogen (secondary N) is 2. The summed E-state index contributed by atoms with van der Waals surface area (Å²) >= 11 is 1.56. The van der Waals surface area contributed by atoms with Gasteiger partial charge in [0.15, 0.2) is 0 Å². The zero-order valence-electron chi connectivity index (χ0n) is 15.2. The quantitative estimate of drug-likeness (QED) is 0.583. The van der Waals surface area contributed by atoms with E-state index < -0.39 is 23.7 Å². The third-order valence-electron chi connectivity index (χ3n) is 4.07. The first-order valence-electron chi connectivity index (χ1n) is 8.50. The van der Waals surface area contributed by atoms with Crippen LogP contribution in [0.15, 0.2) is 53.9 Å². The van der Waals surface area contributed by atoms with E-state index in [0.29, 0.717) is 5.69 Å². The fourth-order valence-corrected chi connectivity index (χ4v) is 3.25. The van der Waals surface area contributed by atoms with Gasteiger partial charge in [-0.3, -0.25) is 4.79 Å². The summed E-state index contributed by atoms with van der Waals surface area (Å²) in [5.41, 5.74) is 1.37. The Kier molecular flexibility index (Phi) is 5.69. The zero-order chi connectivity index (χ0) is 20.3. The number of alkyl halides is 3. The second-order valence-electron chi connectivity index (χ2n) is 6.23. The average molecular weight is 405 g/mol. The number of rotatable bonds is 5. The Balaban J connectivity index is 1.66. The highest BCUT2D eigenvalue weighted by Gasteiger charge is 2.33. The van der Waals surface area contributed by atoms with E-state index in [1.165, 1.54) is 18.2 Å². The Morgan fingerprint density at radius 3 is 2.39 bits per heavy atom. The van der Waals surface area contributed by atoms with Crippen molar-refractivity contribution in [2.75, 3.05) is 10.6 Å². The molecular formula is C20H18F3N3OS. The van der Waals surface area contributed by atoms with Crippen LogP contribution in [0.1, 0.15) is 17.5 Å². The molecule has 8 heteroatoms. The molecule has 0 aliphatic carbocycles. The maximum absolute atomic E-state index is 13.1. The molecule has 0 aliphatic rings. The van der Waals surface area contributed by atoms with E-state index in [-0.39, 0.29) is 5.69 Å². The molecule has 0 saturated carbocycles. The Hall–Kier alpha value is -2.87. The topological polar surface area (TPSA) is 54.0 Å². The van der Waals surface area contributed by atoms with Crippen molar-refractivity contribution in [2.24, 2.45) is 0 Å². The van der Waals surface area contributed by atoms with E-state index >= 15 is 0 Å². The van der Waals surface area contributed by atoms with Crippen molar-refractivity contribution < 1.29 is 18.0 Å². The number of para-hydroxylation sites is 1. The van der Waals surface area contributed by atoms with Crippen LogP contribution in [0, 0.1) is 6.92 Å². The Morgan fingerprint density at radius 2 is 1.79 bits per heavy atom. The van der Waals surface area contributed by atoms with Gasteiger partial charge in [0.05, 0.1) is 22.0 Å². The van der Waals surface area contributed by atoms with Crippen LogP contribution in [0.4, 0.5) is 24.5 Å². The summed E-state index contributed by atoms with van der Waals surface area (Å²) in [6.07, 6.45) is -4.54. The Labute approximate surface area is 164 Å². The van der Waals surface area contributed by atoms with Crippen LogP contribution < -0.4 is 10.6 Å². The maximum atomic E-state index is 13.1. The van der Waals surface area contributed by atoms with Gasteiger partial charge in [-0.2, -0.15) is 13.2 Å². The van der Waals surface area contributed by atoms with E-state index in [1.807, 2.05) is 24.4 Å². The summed E-state index contributed by atoms with van der Waals surface area (Å²) in [5.74, 6) is -0.559. The lowest BCUT2D eigenvalue weighted by molar-refractivity contribution is -0.137. The number of anilines is 2. The van der Waals surface area contributed by atoms with E-state index in [4.69, 9.17) is 0 Å². The predicted octanol–water partition coefficient (Wildman–Crippen LogP) is 5.58. The monoisotopic (exact) mass is 405 g/mol. The summed E-state index contributed by atoms with van der Waals surface area (Å²) < 4.78 is 39.2. The van der Waals surface area contributed by atoms with Crippen LogP contribution in [0.3, 0.4) is 0 Å². The molecule has 0 bridgehead atoms. The second kappa shape index (κ2) is 8.02. The van der Waals surface area contributed by atoms with E-state index in [0.717, 1.165) is 22.3 Å². The highest BCUT2D eigenvalue weighted by molar-refractivity contribution is 7.09. The van der Waals surface area contributed by atoms with Crippen LogP contribution in [0.2, 0.25) is 0 Å². The molecule has 1 atom stereocenters. The minimum absolute atomic E-state index is 0.261. The molecule has 0 saturated heterocycles. The standard InChI is InChI=1S/C20H18F3N3OS/c1-12(19(27)26-17-6-4-3-5-16(17)20(21,22)23)24-15-9-7-14(8-10-15)18-11-28-13(2)25-18/h3-12,24H,1-2H3,(H,26,27)/t12-/m1/s1. The lowest BCUT2D eigenvalue weighted by atomic mass is 10.1. The average Bonchev–Trinajstić information content (AvgIpc) is 3.08. The van der Waals surface area contributed by atoms with Crippen molar-refractivity contribution in [3.05, 3.63) is 64.5 Å². The van der Waals surface area contributed by atoms with E-state index in [9.17, 15) is 18.0 Å². The SMILES string of the molecule is Cc1nc(-c2ccc(N[C@H](C)C(=O)Nc3ccccc3C(F)(F)F)cc2)cs1. The molecule has 1 amide bonds. The molecule has 2 aromatic carbocycles. The Morgan fingerprint density at radius 1 is 1.11 bits per heavy atom. The van der Waals surface area contributed by atoms with Crippen molar-refractivity contribution in [1.29, 1.82) is 0 Å². The molecule has 0 aliphatic heterocycles.